The average Bonchev–Trinajstić information content (AvgIpc) is 2.34. The highest BCUT2D eigenvalue weighted by molar-refractivity contribution is 9.10. The first kappa shape index (κ1) is 11.5. The smallest absolute Gasteiger partial charge is 0.128 e. The van der Waals surface area contributed by atoms with Gasteiger partial charge < -0.3 is 10.5 Å². The molecule has 84 valence electrons. The van der Waals surface area contributed by atoms with Gasteiger partial charge in [-0.1, -0.05) is 15.9 Å². The fourth-order valence-electron chi connectivity index (χ4n) is 1.33. The maximum Gasteiger partial charge on any atom is 0.128 e. The van der Waals surface area contributed by atoms with E-state index in [9.17, 15) is 0 Å². The fraction of sp³-hybridized carbons (Fsp3) is 0. The van der Waals surface area contributed by atoms with E-state index < -0.39 is 0 Å². The van der Waals surface area contributed by atoms with E-state index in [-0.39, 0.29) is 0 Å². The molecule has 0 saturated carbocycles. The Balaban J connectivity index is 2.25. The predicted molar refractivity (Wildman–Crippen MR) is 69.8 cm³/mol. The second-order valence-corrected chi connectivity index (χ2v) is 4.33. The molecule has 0 heterocycles. The number of hydrogen-bond donors (Lipinski definition) is 1. The van der Waals surface area contributed by atoms with Crippen molar-refractivity contribution in [1.82, 2.24) is 0 Å². The van der Waals surface area contributed by atoms with Crippen LogP contribution in [-0.4, -0.2) is 0 Å². The van der Waals surface area contributed by atoms with Crippen molar-refractivity contribution in [2.75, 3.05) is 5.73 Å². The van der Waals surface area contributed by atoms with Crippen molar-refractivity contribution in [1.29, 1.82) is 5.26 Å². The van der Waals surface area contributed by atoms with Gasteiger partial charge in [-0.05, 0) is 36.4 Å². The summed E-state index contributed by atoms with van der Waals surface area (Å²) in [7, 11) is 0. The number of rotatable bonds is 2. The molecule has 0 saturated heterocycles. The number of benzene rings is 2. The van der Waals surface area contributed by atoms with Crippen LogP contribution in [0.25, 0.3) is 0 Å². The Kier molecular flexibility index (Phi) is 3.31. The number of hydrogen-bond acceptors (Lipinski definition) is 3. The topological polar surface area (TPSA) is 59.0 Å². The maximum atomic E-state index is 8.85. The summed E-state index contributed by atoms with van der Waals surface area (Å²) in [5, 5.41) is 8.85. The first-order chi connectivity index (χ1) is 8.19. The lowest BCUT2D eigenvalue weighted by atomic mass is 10.2. The maximum absolute atomic E-state index is 8.85. The molecule has 0 radical (unpaired) electrons. The second-order valence-electron chi connectivity index (χ2n) is 3.42. The van der Waals surface area contributed by atoms with Gasteiger partial charge in [-0.3, -0.25) is 0 Å². The van der Waals surface area contributed by atoms with E-state index in [0.717, 1.165) is 4.47 Å². The summed E-state index contributed by atoms with van der Waals surface area (Å²) in [6.45, 7) is 0. The number of halogens is 1. The van der Waals surface area contributed by atoms with Crippen molar-refractivity contribution >= 4 is 21.6 Å². The van der Waals surface area contributed by atoms with Gasteiger partial charge in [-0.15, -0.1) is 0 Å². The van der Waals surface area contributed by atoms with E-state index in [1.807, 2.05) is 30.3 Å². The Labute approximate surface area is 108 Å². The van der Waals surface area contributed by atoms with Crippen LogP contribution in [0.4, 0.5) is 5.69 Å². The van der Waals surface area contributed by atoms with Crippen molar-refractivity contribution in [3.8, 4) is 17.6 Å². The van der Waals surface area contributed by atoms with E-state index in [1.54, 1.807) is 18.2 Å². The third-order valence-electron chi connectivity index (χ3n) is 2.19. The molecular formula is C13H9BrN2O. The molecule has 17 heavy (non-hydrogen) atoms. The molecule has 2 aromatic carbocycles. The molecule has 2 N–H and O–H groups in total. The minimum absolute atomic E-state index is 0.416. The predicted octanol–water partition coefficient (Wildman–Crippen LogP) is 3.70. The van der Waals surface area contributed by atoms with Crippen molar-refractivity contribution in [2.24, 2.45) is 0 Å². The summed E-state index contributed by atoms with van der Waals surface area (Å²) < 4.78 is 6.59. The minimum atomic E-state index is 0.416. The van der Waals surface area contributed by atoms with Gasteiger partial charge in [0.2, 0.25) is 0 Å². The van der Waals surface area contributed by atoms with E-state index in [2.05, 4.69) is 15.9 Å². The molecule has 0 spiro atoms. The Morgan fingerprint density at radius 1 is 1.06 bits per heavy atom. The van der Waals surface area contributed by atoms with Crippen LogP contribution in [-0.2, 0) is 0 Å². The van der Waals surface area contributed by atoms with Crippen LogP contribution in [0.3, 0.4) is 0 Å². The van der Waals surface area contributed by atoms with Crippen LogP contribution in [0.15, 0.2) is 46.9 Å². The average molecular weight is 289 g/mol. The SMILES string of the molecule is N#Cc1cc(Oc2ccc(Br)cc2)ccc1N. The molecule has 0 unspecified atom stereocenters. The van der Waals surface area contributed by atoms with Crippen molar-refractivity contribution < 1.29 is 4.74 Å². The van der Waals surface area contributed by atoms with E-state index in [4.69, 9.17) is 15.7 Å². The van der Waals surface area contributed by atoms with Gasteiger partial charge >= 0.3 is 0 Å². The molecule has 0 aliphatic heterocycles. The van der Waals surface area contributed by atoms with Gasteiger partial charge in [-0.2, -0.15) is 5.26 Å². The fourth-order valence-corrected chi connectivity index (χ4v) is 1.60. The summed E-state index contributed by atoms with van der Waals surface area (Å²) in [6, 6.07) is 14.5. The lowest BCUT2D eigenvalue weighted by molar-refractivity contribution is 0.482. The summed E-state index contributed by atoms with van der Waals surface area (Å²) in [6.07, 6.45) is 0. The highest BCUT2D eigenvalue weighted by Gasteiger charge is 2.02. The van der Waals surface area contributed by atoms with Gasteiger partial charge in [0, 0.05) is 16.2 Å². The van der Waals surface area contributed by atoms with Gasteiger partial charge in [0.05, 0.1) is 5.56 Å². The van der Waals surface area contributed by atoms with Crippen molar-refractivity contribution in [2.45, 2.75) is 0 Å². The number of nitrogens with zero attached hydrogens (tertiary/aromatic N) is 1. The molecule has 0 bridgehead atoms. The minimum Gasteiger partial charge on any atom is -0.457 e. The standard InChI is InChI=1S/C13H9BrN2O/c14-10-1-3-11(4-2-10)17-12-5-6-13(16)9(7-12)8-15/h1-7H,16H2. The molecule has 0 aliphatic carbocycles. The van der Waals surface area contributed by atoms with E-state index >= 15 is 0 Å². The van der Waals surface area contributed by atoms with Gasteiger partial charge in [0.1, 0.15) is 17.6 Å². The zero-order valence-electron chi connectivity index (χ0n) is 8.85. The molecule has 4 heteroatoms. The molecule has 0 atom stereocenters. The lowest BCUT2D eigenvalue weighted by Crippen LogP contribution is -1.91. The normalized spacial score (nSPS) is 9.65. The van der Waals surface area contributed by atoms with Crippen LogP contribution in [0.2, 0.25) is 0 Å². The molecule has 2 aromatic rings. The highest BCUT2D eigenvalue weighted by atomic mass is 79.9. The Hall–Kier alpha value is -1.99. The summed E-state index contributed by atoms with van der Waals surface area (Å²) in [4.78, 5) is 0. The monoisotopic (exact) mass is 288 g/mol. The Morgan fingerprint density at radius 2 is 1.71 bits per heavy atom. The van der Waals surface area contributed by atoms with Crippen molar-refractivity contribution in [3.05, 3.63) is 52.5 Å². The van der Waals surface area contributed by atoms with Crippen molar-refractivity contribution in [3.63, 3.8) is 0 Å². The number of nitrogen functional groups attached to an aromatic ring is 1. The lowest BCUT2D eigenvalue weighted by Gasteiger charge is -2.06. The van der Waals surface area contributed by atoms with Gasteiger partial charge in [0.15, 0.2) is 0 Å². The molecule has 3 nitrogen and oxygen atoms in total. The summed E-state index contributed by atoms with van der Waals surface area (Å²) in [5.74, 6) is 1.31. The molecular weight excluding hydrogens is 280 g/mol. The van der Waals surface area contributed by atoms with Gasteiger partial charge in [0.25, 0.3) is 0 Å². The number of ether oxygens (including phenoxy) is 1. The second kappa shape index (κ2) is 4.89. The van der Waals surface area contributed by atoms with Crippen LogP contribution in [0.5, 0.6) is 11.5 Å². The zero-order valence-corrected chi connectivity index (χ0v) is 10.4. The quantitative estimate of drug-likeness (QED) is 0.858. The number of nitrogens with two attached hydrogens (primary N) is 1. The Bertz CT molecular complexity index is 573. The van der Waals surface area contributed by atoms with Crippen LogP contribution < -0.4 is 10.5 Å². The third kappa shape index (κ3) is 2.77. The molecule has 0 fully saturated rings. The first-order valence-corrected chi connectivity index (χ1v) is 5.71. The van der Waals surface area contributed by atoms with E-state index in [1.165, 1.54) is 0 Å². The summed E-state index contributed by atoms with van der Waals surface area (Å²) in [5.41, 5.74) is 6.50. The number of anilines is 1. The molecule has 0 amide bonds. The van der Waals surface area contributed by atoms with Gasteiger partial charge in [-0.25, -0.2) is 0 Å². The molecule has 0 aliphatic rings. The van der Waals surface area contributed by atoms with Crippen LogP contribution in [0.1, 0.15) is 5.56 Å². The van der Waals surface area contributed by atoms with E-state index in [0.29, 0.717) is 22.7 Å². The van der Waals surface area contributed by atoms with Crippen LogP contribution >= 0.6 is 15.9 Å². The molecule has 2 rings (SSSR count). The largest absolute Gasteiger partial charge is 0.457 e. The number of nitriles is 1. The summed E-state index contributed by atoms with van der Waals surface area (Å²) >= 11 is 3.35. The Morgan fingerprint density at radius 3 is 2.35 bits per heavy atom. The highest BCUT2D eigenvalue weighted by Crippen LogP contribution is 2.25. The van der Waals surface area contributed by atoms with Crippen LogP contribution in [0, 0.1) is 11.3 Å². The zero-order chi connectivity index (χ0) is 12.3. The first-order valence-electron chi connectivity index (χ1n) is 4.92. The third-order valence-corrected chi connectivity index (χ3v) is 2.72. The molecule has 0 aromatic heterocycles.